The SMILES string of the molecule is Cc1ccc(C2=NN3C(C2)c2cc(Cl)ccc2OC3c2ccc(OC(=O)c3ccc(Br)cc3)cc2)o1. The Hall–Kier alpha value is -3.55. The summed E-state index contributed by atoms with van der Waals surface area (Å²) in [5, 5.41) is 7.50. The highest BCUT2D eigenvalue weighted by Crippen LogP contribution is 2.48. The molecule has 4 aromatic rings. The zero-order valence-corrected chi connectivity index (χ0v) is 21.5. The van der Waals surface area contributed by atoms with Gasteiger partial charge in [0.05, 0.1) is 11.6 Å². The number of ether oxygens (including phenoxy) is 2. The highest BCUT2D eigenvalue weighted by Gasteiger charge is 2.41. The van der Waals surface area contributed by atoms with Gasteiger partial charge in [-0.2, -0.15) is 5.10 Å². The first-order chi connectivity index (χ1) is 17.4. The van der Waals surface area contributed by atoms with Crippen LogP contribution in [0.15, 0.2) is 92.9 Å². The molecule has 0 fully saturated rings. The number of carbonyl (C=O) groups excluding carboxylic acids is 1. The van der Waals surface area contributed by atoms with E-state index in [2.05, 4.69) is 15.9 Å². The van der Waals surface area contributed by atoms with Crippen molar-refractivity contribution in [2.24, 2.45) is 5.10 Å². The van der Waals surface area contributed by atoms with Crippen molar-refractivity contribution in [3.63, 3.8) is 0 Å². The van der Waals surface area contributed by atoms with Crippen LogP contribution in [0.4, 0.5) is 0 Å². The molecule has 0 bridgehead atoms. The number of fused-ring (bicyclic) bond motifs is 3. The van der Waals surface area contributed by atoms with Gasteiger partial charge >= 0.3 is 5.97 Å². The molecule has 0 amide bonds. The van der Waals surface area contributed by atoms with Crippen LogP contribution in [0.3, 0.4) is 0 Å². The Morgan fingerprint density at radius 1 is 1.06 bits per heavy atom. The van der Waals surface area contributed by atoms with Gasteiger partial charge in [0, 0.05) is 27.0 Å². The van der Waals surface area contributed by atoms with Gasteiger partial charge in [0.25, 0.3) is 0 Å². The average Bonchev–Trinajstić information content (AvgIpc) is 3.51. The number of halogens is 2. The smallest absolute Gasteiger partial charge is 0.343 e. The lowest BCUT2D eigenvalue weighted by Gasteiger charge is -2.38. The van der Waals surface area contributed by atoms with Crippen LogP contribution in [-0.4, -0.2) is 16.7 Å². The molecule has 0 aliphatic carbocycles. The van der Waals surface area contributed by atoms with Crippen LogP contribution in [0.5, 0.6) is 11.5 Å². The van der Waals surface area contributed by atoms with E-state index in [0.29, 0.717) is 22.8 Å². The van der Waals surface area contributed by atoms with Crippen molar-refractivity contribution in [3.8, 4) is 11.5 Å². The summed E-state index contributed by atoms with van der Waals surface area (Å²) >= 11 is 9.68. The molecule has 0 N–H and O–H groups in total. The van der Waals surface area contributed by atoms with Crippen LogP contribution in [-0.2, 0) is 0 Å². The molecule has 2 unspecified atom stereocenters. The van der Waals surface area contributed by atoms with Crippen LogP contribution in [0, 0.1) is 6.92 Å². The fraction of sp³-hybridized carbons (Fsp3) is 0.143. The van der Waals surface area contributed by atoms with Gasteiger partial charge in [0.15, 0.2) is 0 Å². The molecule has 8 heteroatoms. The second-order valence-electron chi connectivity index (χ2n) is 8.67. The zero-order valence-electron chi connectivity index (χ0n) is 19.2. The number of carbonyl (C=O) groups is 1. The molecule has 0 radical (unpaired) electrons. The summed E-state index contributed by atoms with van der Waals surface area (Å²) in [7, 11) is 0. The maximum atomic E-state index is 12.5. The fourth-order valence-corrected chi connectivity index (χ4v) is 4.91. The number of rotatable bonds is 4. The monoisotopic (exact) mass is 562 g/mol. The first-order valence-corrected chi connectivity index (χ1v) is 12.6. The van der Waals surface area contributed by atoms with Crippen molar-refractivity contribution in [1.82, 2.24) is 5.01 Å². The van der Waals surface area contributed by atoms with Crippen molar-refractivity contribution in [3.05, 3.63) is 117 Å². The largest absolute Gasteiger partial charge is 0.464 e. The zero-order chi connectivity index (χ0) is 24.8. The van der Waals surface area contributed by atoms with E-state index in [-0.39, 0.29) is 6.04 Å². The number of hydrazone groups is 1. The lowest BCUT2D eigenvalue weighted by atomic mass is 9.97. The molecule has 6 nitrogen and oxygen atoms in total. The Morgan fingerprint density at radius 3 is 2.56 bits per heavy atom. The molecular formula is C28H20BrClN2O4. The molecule has 3 aromatic carbocycles. The quantitative estimate of drug-likeness (QED) is 0.190. The Kier molecular flexibility index (Phi) is 5.82. The first kappa shape index (κ1) is 22.9. The minimum atomic E-state index is -0.464. The van der Waals surface area contributed by atoms with Crippen molar-refractivity contribution in [1.29, 1.82) is 0 Å². The predicted molar refractivity (Wildman–Crippen MR) is 140 cm³/mol. The number of esters is 1. The summed E-state index contributed by atoms with van der Waals surface area (Å²) in [5.41, 5.74) is 3.20. The molecule has 0 saturated heterocycles. The van der Waals surface area contributed by atoms with E-state index in [4.69, 9.17) is 30.6 Å². The van der Waals surface area contributed by atoms with Gasteiger partial charge in [-0.05, 0) is 85.8 Å². The third kappa shape index (κ3) is 4.29. The molecule has 36 heavy (non-hydrogen) atoms. The molecule has 3 heterocycles. The maximum Gasteiger partial charge on any atom is 0.343 e. The minimum absolute atomic E-state index is 0.0484. The average molecular weight is 564 g/mol. The number of furan rings is 1. The Morgan fingerprint density at radius 2 is 1.83 bits per heavy atom. The van der Waals surface area contributed by atoms with E-state index in [0.717, 1.165) is 38.6 Å². The predicted octanol–water partition coefficient (Wildman–Crippen LogP) is 7.47. The van der Waals surface area contributed by atoms with Gasteiger partial charge < -0.3 is 13.9 Å². The van der Waals surface area contributed by atoms with Crippen molar-refractivity contribution < 1.29 is 18.7 Å². The van der Waals surface area contributed by atoms with Gasteiger partial charge in [0.1, 0.15) is 28.7 Å². The molecule has 0 spiro atoms. The summed E-state index contributed by atoms with van der Waals surface area (Å²) in [6.07, 6.45) is 0.205. The molecule has 6 rings (SSSR count). The van der Waals surface area contributed by atoms with Gasteiger partial charge in [-0.25, -0.2) is 9.80 Å². The van der Waals surface area contributed by atoms with E-state index in [1.807, 2.05) is 54.4 Å². The summed E-state index contributed by atoms with van der Waals surface area (Å²) in [6, 6.07) is 23.8. The number of aryl methyl sites for hydroxylation is 1. The van der Waals surface area contributed by atoms with E-state index in [9.17, 15) is 4.79 Å². The van der Waals surface area contributed by atoms with Crippen LogP contribution >= 0.6 is 27.5 Å². The van der Waals surface area contributed by atoms with E-state index in [1.165, 1.54) is 0 Å². The molecule has 2 aliphatic rings. The summed E-state index contributed by atoms with van der Waals surface area (Å²) in [4.78, 5) is 12.5. The second-order valence-corrected chi connectivity index (χ2v) is 10.0. The molecule has 2 atom stereocenters. The van der Waals surface area contributed by atoms with Crippen LogP contribution in [0.2, 0.25) is 5.02 Å². The van der Waals surface area contributed by atoms with Gasteiger partial charge in [0.2, 0.25) is 6.23 Å². The lowest BCUT2D eigenvalue weighted by molar-refractivity contribution is -0.0190. The molecule has 1 aromatic heterocycles. The first-order valence-electron chi connectivity index (χ1n) is 11.4. The Bertz CT molecular complexity index is 1480. The summed E-state index contributed by atoms with van der Waals surface area (Å²) < 4.78 is 18.7. The van der Waals surface area contributed by atoms with E-state index >= 15 is 0 Å². The topological polar surface area (TPSA) is 64.3 Å². The minimum Gasteiger partial charge on any atom is -0.464 e. The van der Waals surface area contributed by atoms with E-state index in [1.54, 1.807) is 36.4 Å². The Balaban J connectivity index is 1.29. The summed E-state index contributed by atoms with van der Waals surface area (Å²) in [6.45, 7) is 1.92. The third-order valence-electron chi connectivity index (χ3n) is 6.23. The highest BCUT2D eigenvalue weighted by atomic mass is 79.9. The third-order valence-corrected chi connectivity index (χ3v) is 7.00. The maximum absolute atomic E-state index is 12.5. The fourth-order valence-electron chi connectivity index (χ4n) is 4.47. The van der Waals surface area contributed by atoms with Gasteiger partial charge in [-0.3, -0.25) is 0 Å². The Labute approximate surface area is 221 Å². The van der Waals surface area contributed by atoms with Crippen molar-refractivity contribution >= 4 is 39.2 Å². The van der Waals surface area contributed by atoms with Crippen LogP contribution < -0.4 is 9.47 Å². The number of hydrogen-bond donors (Lipinski definition) is 0. The molecule has 180 valence electrons. The standard InChI is InChI=1S/C28H20BrClN2O4/c1-16-2-12-26(34-16)23-15-24-22-14-20(30)9-13-25(22)36-27(32(24)31-23)17-5-10-21(11-6-17)35-28(33)18-3-7-19(29)8-4-18/h2-14,24,27H,15H2,1H3. The van der Waals surface area contributed by atoms with Gasteiger partial charge in [-0.15, -0.1) is 0 Å². The van der Waals surface area contributed by atoms with Gasteiger partial charge in [-0.1, -0.05) is 27.5 Å². The van der Waals surface area contributed by atoms with E-state index < -0.39 is 12.2 Å². The molecular weight excluding hydrogens is 544 g/mol. The highest BCUT2D eigenvalue weighted by molar-refractivity contribution is 9.10. The normalized spacial score (nSPS) is 18.2. The molecule has 0 saturated carbocycles. The van der Waals surface area contributed by atoms with Crippen molar-refractivity contribution in [2.45, 2.75) is 25.6 Å². The molecule has 2 aliphatic heterocycles. The number of nitrogens with zero attached hydrogens (tertiary/aromatic N) is 2. The number of hydrogen-bond acceptors (Lipinski definition) is 6. The second kappa shape index (κ2) is 9.15. The van der Waals surface area contributed by atoms with Crippen molar-refractivity contribution in [2.75, 3.05) is 0 Å². The summed E-state index contributed by atoms with van der Waals surface area (Å²) in [5.74, 6) is 2.38. The van der Waals surface area contributed by atoms with Crippen LogP contribution in [0.1, 0.15) is 51.7 Å². The number of benzene rings is 3. The van der Waals surface area contributed by atoms with Crippen LogP contribution in [0.25, 0.3) is 0 Å². The lowest BCUT2D eigenvalue weighted by Crippen LogP contribution is -2.33.